The van der Waals surface area contributed by atoms with Gasteiger partial charge in [-0.05, 0) is 35.9 Å². The molecule has 0 aromatic heterocycles. The Morgan fingerprint density at radius 2 is 1.55 bits per heavy atom. The molecule has 0 radical (unpaired) electrons. The number of alkyl halides is 3. The van der Waals surface area contributed by atoms with Crippen LogP contribution in [0.15, 0.2) is 54.6 Å². The molecule has 0 aliphatic carbocycles. The summed E-state index contributed by atoms with van der Waals surface area (Å²) in [6, 6.07) is 11.3. The standard InChI is InChI=1S/C20H14F3NO5/c21-20(22,23)29-14-8-5-13(6-9-14)7-10-17(25)28-12-11-24-18(26)15-3-1-2-4-16(15)19(24)27/h1-10H,11-12H2/b10-7+. The number of halogens is 3. The first-order valence-electron chi connectivity index (χ1n) is 8.40. The van der Waals surface area contributed by atoms with E-state index in [9.17, 15) is 27.6 Å². The predicted octanol–water partition coefficient (Wildman–Crippen LogP) is 3.44. The molecule has 9 heteroatoms. The molecule has 0 unspecified atom stereocenters. The average molecular weight is 405 g/mol. The highest BCUT2D eigenvalue weighted by Gasteiger charge is 2.34. The SMILES string of the molecule is O=C(/C=C/c1ccc(OC(F)(F)F)cc1)OCCN1C(=O)c2ccccc2C1=O. The van der Waals surface area contributed by atoms with Crippen molar-refractivity contribution in [1.82, 2.24) is 4.90 Å². The monoisotopic (exact) mass is 405 g/mol. The Morgan fingerprint density at radius 1 is 0.966 bits per heavy atom. The van der Waals surface area contributed by atoms with Crippen LogP contribution in [0.1, 0.15) is 26.3 Å². The van der Waals surface area contributed by atoms with E-state index in [0.717, 1.165) is 23.1 Å². The van der Waals surface area contributed by atoms with Crippen LogP contribution < -0.4 is 4.74 Å². The molecule has 2 amide bonds. The molecule has 0 saturated carbocycles. The minimum Gasteiger partial charge on any atom is -0.461 e. The number of amides is 2. The molecule has 0 bridgehead atoms. The van der Waals surface area contributed by atoms with Gasteiger partial charge in [-0.1, -0.05) is 24.3 Å². The van der Waals surface area contributed by atoms with Crippen molar-refractivity contribution in [3.8, 4) is 5.75 Å². The quantitative estimate of drug-likeness (QED) is 0.418. The van der Waals surface area contributed by atoms with E-state index in [-0.39, 0.29) is 18.9 Å². The number of hydrogen-bond acceptors (Lipinski definition) is 5. The summed E-state index contributed by atoms with van der Waals surface area (Å²) in [7, 11) is 0. The van der Waals surface area contributed by atoms with E-state index in [4.69, 9.17) is 4.74 Å². The average Bonchev–Trinajstić information content (AvgIpc) is 2.91. The number of ether oxygens (including phenoxy) is 2. The lowest BCUT2D eigenvalue weighted by Gasteiger charge is -2.13. The van der Waals surface area contributed by atoms with Crippen LogP contribution in [0, 0.1) is 0 Å². The van der Waals surface area contributed by atoms with Crippen molar-refractivity contribution >= 4 is 23.9 Å². The molecule has 0 saturated heterocycles. The summed E-state index contributed by atoms with van der Waals surface area (Å²) >= 11 is 0. The maximum Gasteiger partial charge on any atom is 0.573 e. The Hall–Kier alpha value is -3.62. The zero-order chi connectivity index (χ0) is 21.0. The summed E-state index contributed by atoms with van der Waals surface area (Å²) < 4.78 is 45.0. The Kier molecular flexibility index (Phi) is 5.67. The lowest BCUT2D eigenvalue weighted by Crippen LogP contribution is -2.33. The smallest absolute Gasteiger partial charge is 0.461 e. The molecule has 2 aromatic rings. The number of carbonyl (C=O) groups excluding carboxylic acids is 3. The largest absolute Gasteiger partial charge is 0.573 e. The molecule has 6 nitrogen and oxygen atoms in total. The molecule has 2 aromatic carbocycles. The van der Waals surface area contributed by atoms with Gasteiger partial charge < -0.3 is 9.47 Å². The van der Waals surface area contributed by atoms with E-state index in [0.29, 0.717) is 16.7 Å². The number of fused-ring (bicyclic) bond motifs is 1. The first-order chi connectivity index (χ1) is 13.7. The molecular weight excluding hydrogens is 391 g/mol. The maximum atomic E-state index is 12.2. The molecule has 0 fully saturated rings. The summed E-state index contributed by atoms with van der Waals surface area (Å²) in [5, 5.41) is 0. The fourth-order valence-electron chi connectivity index (χ4n) is 2.67. The zero-order valence-corrected chi connectivity index (χ0v) is 14.8. The van der Waals surface area contributed by atoms with E-state index < -0.39 is 24.1 Å². The first-order valence-corrected chi connectivity index (χ1v) is 8.40. The van der Waals surface area contributed by atoms with E-state index in [1.807, 2.05) is 0 Å². The van der Waals surface area contributed by atoms with E-state index in [2.05, 4.69) is 4.74 Å². The number of benzene rings is 2. The molecule has 29 heavy (non-hydrogen) atoms. The van der Waals surface area contributed by atoms with Crippen LogP contribution in [0.4, 0.5) is 13.2 Å². The topological polar surface area (TPSA) is 72.9 Å². The molecule has 1 aliphatic heterocycles. The van der Waals surface area contributed by atoms with Crippen molar-refractivity contribution in [1.29, 1.82) is 0 Å². The Bertz CT molecular complexity index is 932. The second-order valence-electron chi connectivity index (χ2n) is 5.93. The van der Waals surface area contributed by atoms with Crippen LogP contribution in [0.3, 0.4) is 0 Å². The summed E-state index contributed by atoms with van der Waals surface area (Å²) in [6.45, 7) is -0.275. The Morgan fingerprint density at radius 3 is 2.10 bits per heavy atom. The number of esters is 1. The minimum atomic E-state index is -4.78. The van der Waals surface area contributed by atoms with Crippen molar-refractivity contribution in [2.24, 2.45) is 0 Å². The molecule has 1 aliphatic rings. The van der Waals surface area contributed by atoms with E-state index in [1.165, 1.54) is 18.2 Å². The molecule has 0 spiro atoms. The first kappa shape index (κ1) is 20.1. The second-order valence-corrected chi connectivity index (χ2v) is 5.93. The molecular formula is C20H14F3NO5. The molecule has 3 rings (SSSR count). The third kappa shape index (κ3) is 5.01. The van der Waals surface area contributed by atoms with Gasteiger partial charge in [-0.3, -0.25) is 14.5 Å². The molecule has 150 valence electrons. The lowest BCUT2D eigenvalue weighted by atomic mass is 10.1. The minimum absolute atomic E-state index is 0.0879. The summed E-state index contributed by atoms with van der Waals surface area (Å²) in [6.07, 6.45) is -2.34. The summed E-state index contributed by atoms with van der Waals surface area (Å²) in [4.78, 5) is 37.1. The second kappa shape index (κ2) is 8.17. The van der Waals surface area contributed by atoms with Crippen molar-refractivity contribution in [3.63, 3.8) is 0 Å². The highest BCUT2D eigenvalue weighted by molar-refractivity contribution is 6.21. The van der Waals surface area contributed by atoms with Crippen LogP contribution in [-0.4, -0.2) is 42.2 Å². The zero-order valence-electron chi connectivity index (χ0n) is 14.8. The lowest BCUT2D eigenvalue weighted by molar-refractivity contribution is -0.274. The third-order valence-corrected chi connectivity index (χ3v) is 3.96. The third-order valence-electron chi connectivity index (χ3n) is 3.96. The maximum absolute atomic E-state index is 12.2. The molecule has 0 atom stereocenters. The number of nitrogens with zero attached hydrogens (tertiary/aromatic N) is 1. The number of imide groups is 1. The van der Waals surface area contributed by atoms with Crippen LogP contribution in [0.2, 0.25) is 0 Å². The highest BCUT2D eigenvalue weighted by Crippen LogP contribution is 2.23. The fraction of sp³-hybridized carbons (Fsp3) is 0.150. The Balaban J connectivity index is 1.48. The van der Waals surface area contributed by atoms with Gasteiger partial charge in [-0.2, -0.15) is 0 Å². The van der Waals surface area contributed by atoms with Gasteiger partial charge in [0.25, 0.3) is 11.8 Å². The van der Waals surface area contributed by atoms with Crippen molar-refractivity contribution < 1.29 is 37.0 Å². The number of rotatable bonds is 6. The van der Waals surface area contributed by atoms with Gasteiger partial charge in [0, 0.05) is 6.08 Å². The van der Waals surface area contributed by atoms with E-state index in [1.54, 1.807) is 24.3 Å². The van der Waals surface area contributed by atoms with Gasteiger partial charge in [0.1, 0.15) is 12.4 Å². The van der Waals surface area contributed by atoms with Gasteiger partial charge in [-0.25, -0.2) is 4.79 Å². The van der Waals surface area contributed by atoms with Crippen molar-refractivity contribution in [2.45, 2.75) is 6.36 Å². The van der Waals surface area contributed by atoms with Gasteiger partial charge in [0.2, 0.25) is 0 Å². The van der Waals surface area contributed by atoms with Crippen LogP contribution >= 0.6 is 0 Å². The number of hydrogen-bond donors (Lipinski definition) is 0. The molecule has 1 heterocycles. The Labute approximate surface area is 163 Å². The summed E-state index contributed by atoms with van der Waals surface area (Å²) in [5.74, 6) is -1.99. The van der Waals surface area contributed by atoms with Crippen LogP contribution in [-0.2, 0) is 9.53 Å². The normalized spacial score (nSPS) is 13.7. The van der Waals surface area contributed by atoms with Gasteiger partial charge >= 0.3 is 12.3 Å². The van der Waals surface area contributed by atoms with E-state index >= 15 is 0 Å². The van der Waals surface area contributed by atoms with Gasteiger partial charge in [-0.15, -0.1) is 13.2 Å². The fourth-order valence-corrected chi connectivity index (χ4v) is 2.67. The van der Waals surface area contributed by atoms with Crippen molar-refractivity contribution in [3.05, 3.63) is 71.3 Å². The predicted molar refractivity (Wildman–Crippen MR) is 94.9 cm³/mol. The summed E-state index contributed by atoms with van der Waals surface area (Å²) in [5.41, 5.74) is 1.07. The van der Waals surface area contributed by atoms with Gasteiger partial charge in [0.05, 0.1) is 17.7 Å². The van der Waals surface area contributed by atoms with Crippen LogP contribution in [0.5, 0.6) is 5.75 Å². The van der Waals surface area contributed by atoms with Crippen LogP contribution in [0.25, 0.3) is 6.08 Å². The number of carbonyl (C=O) groups is 3. The molecule has 0 N–H and O–H groups in total. The van der Waals surface area contributed by atoms with Gasteiger partial charge in [0.15, 0.2) is 0 Å². The highest BCUT2D eigenvalue weighted by atomic mass is 19.4. The van der Waals surface area contributed by atoms with Crippen molar-refractivity contribution in [2.75, 3.05) is 13.2 Å².